The van der Waals surface area contributed by atoms with Gasteiger partial charge in [-0.15, -0.1) is 11.3 Å². The van der Waals surface area contributed by atoms with E-state index in [-0.39, 0.29) is 0 Å². The molecule has 6 nitrogen and oxygen atoms in total. The number of urea groups is 1. The lowest BCUT2D eigenvalue weighted by atomic mass is 10.0. The molecule has 0 bridgehead atoms. The van der Waals surface area contributed by atoms with E-state index in [2.05, 4.69) is 5.32 Å². The zero-order chi connectivity index (χ0) is 16.6. The molecule has 2 aromatic rings. The van der Waals surface area contributed by atoms with Crippen LogP contribution in [0.15, 0.2) is 18.2 Å². The fourth-order valence-electron chi connectivity index (χ4n) is 2.96. The Bertz CT molecular complexity index is 798. The minimum absolute atomic E-state index is 0.368. The normalized spacial score (nSPS) is 12.7. The van der Waals surface area contributed by atoms with E-state index in [0.29, 0.717) is 10.6 Å². The van der Waals surface area contributed by atoms with Crippen molar-refractivity contribution < 1.29 is 14.3 Å². The van der Waals surface area contributed by atoms with Crippen molar-refractivity contribution in [3.05, 3.63) is 34.9 Å². The summed E-state index contributed by atoms with van der Waals surface area (Å²) < 4.78 is 5.28. The molecule has 0 aliphatic heterocycles. The van der Waals surface area contributed by atoms with Crippen molar-refractivity contribution in [1.82, 2.24) is 0 Å². The highest BCUT2D eigenvalue weighted by atomic mass is 32.1. The Hall–Kier alpha value is -2.54. The summed E-state index contributed by atoms with van der Waals surface area (Å²) in [5.41, 5.74) is 14.2. The van der Waals surface area contributed by atoms with Gasteiger partial charge in [-0.05, 0) is 54.2 Å². The Balaban J connectivity index is 2.20. The fraction of sp³-hybridized carbons (Fsp3) is 0.250. The van der Waals surface area contributed by atoms with Crippen molar-refractivity contribution in [2.45, 2.75) is 19.3 Å². The standard InChI is InChI=1S/C16H17N3O3S/c1-22-9-5-6-10-8(7-9)3-2-4-11-12(14(17)20)15(19-16(18)21)23-13(10)11/h5-7H,2-4H2,1H3,(H2,17,20)(H3,18,19,21). The summed E-state index contributed by atoms with van der Waals surface area (Å²) in [6.07, 6.45) is 2.51. The summed E-state index contributed by atoms with van der Waals surface area (Å²) >= 11 is 1.33. The number of benzene rings is 1. The van der Waals surface area contributed by atoms with Gasteiger partial charge in [0.05, 0.1) is 12.7 Å². The number of ether oxygens (including phenoxy) is 1. The highest BCUT2D eigenvalue weighted by molar-refractivity contribution is 7.20. The minimum atomic E-state index is -0.709. The van der Waals surface area contributed by atoms with Gasteiger partial charge in [0.1, 0.15) is 10.8 Å². The van der Waals surface area contributed by atoms with Crippen molar-refractivity contribution in [2.75, 3.05) is 12.4 Å². The van der Waals surface area contributed by atoms with Gasteiger partial charge in [0, 0.05) is 4.88 Å². The monoisotopic (exact) mass is 331 g/mol. The van der Waals surface area contributed by atoms with E-state index >= 15 is 0 Å². The first-order chi connectivity index (χ1) is 11.0. The summed E-state index contributed by atoms with van der Waals surface area (Å²) in [6, 6.07) is 5.17. The number of carbonyl (C=O) groups excluding carboxylic acids is 2. The van der Waals surface area contributed by atoms with E-state index in [4.69, 9.17) is 16.2 Å². The van der Waals surface area contributed by atoms with Gasteiger partial charge < -0.3 is 16.2 Å². The molecule has 1 aromatic carbocycles. The van der Waals surface area contributed by atoms with E-state index in [1.54, 1.807) is 7.11 Å². The Morgan fingerprint density at radius 3 is 2.70 bits per heavy atom. The number of fused-ring (bicyclic) bond motifs is 3. The van der Waals surface area contributed by atoms with Crippen molar-refractivity contribution >= 4 is 28.3 Å². The number of amides is 3. The van der Waals surface area contributed by atoms with E-state index in [1.807, 2.05) is 18.2 Å². The average Bonchev–Trinajstić information content (AvgIpc) is 2.75. The highest BCUT2D eigenvalue weighted by Crippen LogP contribution is 2.44. The van der Waals surface area contributed by atoms with Crippen LogP contribution in [0.25, 0.3) is 10.4 Å². The van der Waals surface area contributed by atoms with Crippen molar-refractivity contribution in [3.63, 3.8) is 0 Å². The van der Waals surface area contributed by atoms with Crippen molar-refractivity contribution in [3.8, 4) is 16.2 Å². The number of primary amides is 2. The van der Waals surface area contributed by atoms with Gasteiger partial charge in [-0.2, -0.15) is 0 Å². The molecule has 7 heteroatoms. The molecule has 3 rings (SSSR count). The minimum Gasteiger partial charge on any atom is -0.497 e. The molecule has 0 atom stereocenters. The van der Waals surface area contributed by atoms with E-state index < -0.39 is 11.9 Å². The lowest BCUT2D eigenvalue weighted by Gasteiger charge is -2.08. The highest BCUT2D eigenvalue weighted by Gasteiger charge is 2.26. The van der Waals surface area contributed by atoms with Gasteiger partial charge >= 0.3 is 6.03 Å². The van der Waals surface area contributed by atoms with Crippen molar-refractivity contribution in [2.24, 2.45) is 11.5 Å². The first-order valence-corrected chi connectivity index (χ1v) is 8.02. The third-order valence-corrected chi connectivity index (χ3v) is 5.10. The zero-order valence-corrected chi connectivity index (χ0v) is 13.5. The number of hydrogen-bond donors (Lipinski definition) is 3. The van der Waals surface area contributed by atoms with E-state index in [0.717, 1.165) is 46.6 Å². The predicted molar refractivity (Wildman–Crippen MR) is 90.1 cm³/mol. The van der Waals surface area contributed by atoms with Crippen LogP contribution in [-0.4, -0.2) is 19.0 Å². The Morgan fingerprint density at radius 2 is 2.04 bits per heavy atom. The molecule has 23 heavy (non-hydrogen) atoms. The number of methoxy groups -OCH3 is 1. The Labute approximate surface area is 137 Å². The molecule has 1 aliphatic rings. The van der Waals surface area contributed by atoms with Crippen LogP contribution >= 0.6 is 11.3 Å². The second kappa shape index (κ2) is 5.92. The summed E-state index contributed by atoms with van der Waals surface area (Å²) in [7, 11) is 1.63. The number of rotatable bonds is 3. The molecule has 0 saturated heterocycles. The van der Waals surface area contributed by atoms with Gasteiger partial charge in [-0.3, -0.25) is 10.1 Å². The number of aryl methyl sites for hydroxylation is 1. The summed E-state index contributed by atoms with van der Waals surface area (Å²) in [6.45, 7) is 0. The number of thiophene rings is 1. The van der Waals surface area contributed by atoms with Gasteiger partial charge in [-0.25, -0.2) is 4.79 Å². The topological polar surface area (TPSA) is 107 Å². The molecule has 0 fully saturated rings. The van der Waals surface area contributed by atoms with Crippen molar-refractivity contribution in [1.29, 1.82) is 0 Å². The lowest BCUT2D eigenvalue weighted by Crippen LogP contribution is -2.22. The second-order valence-corrected chi connectivity index (χ2v) is 6.36. The molecule has 1 heterocycles. The third kappa shape index (κ3) is 2.75. The molecule has 0 saturated carbocycles. The van der Waals surface area contributed by atoms with Crippen LogP contribution in [0.1, 0.15) is 27.9 Å². The maximum absolute atomic E-state index is 11.9. The molecular formula is C16H17N3O3S. The lowest BCUT2D eigenvalue weighted by molar-refractivity contribution is 0.100. The molecule has 120 valence electrons. The van der Waals surface area contributed by atoms with E-state index in [9.17, 15) is 9.59 Å². The molecule has 5 N–H and O–H groups in total. The summed E-state index contributed by atoms with van der Waals surface area (Å²) in [4.78, 5) is 24.0. The average molecular weight is 331 g/mol. The van der Waals surface area contributed by atoms with E-state index in [1.165, 1.54) is 11.3 Å². The van der Waals surface area contributed by atoms with Crippen LogP contribution in [0.2, 0.25) is 0 Å². The zero-order valence-electron chi connectivity index (χ0n) is 12.6. The first-order valence-electron chi connectivity index (χ1n) is 7.20. The third-order valence-electron chi connectivity index (χ3n) is 3.92. The van der Waals surface area contributed by atoms with Gasteiger partial charge in [0.2, 0.25) is 0 Å². The largest absolute Gasteiger partial charge is 0.497 e. The van der Waals surface area contributed by atoms with Crippen LogP contribution < -0.4 is 21.5 Å². The van der Waals surface area contributed by atoms with Crippen LogP contribution in [0.3, 0.4) is 0 Å². The van der Waals surface area contributed by atoms with Gasteiger partial charge in [0.25, 0.3) is 5.91 Å². The summed E-state index contributed by atoms with van der Waals surface area (Å²) in [5, 5.41) is 2.93. The second-order valence-electron chi connectivity index (χ2n) is 5.34. The van der Waals surface area contributed by atoms with Crippen LogP contribution in [0, 0.1) is 0 Å². The predicted octanol–water partition coefficient (Wildman–Crippen LogP) is 2.50. The number of nitrogens with two attached hydrogens (primary N) is 2. The molecule has 1 aromatic heterocycles. The number of hydrogen-bond acceptors (Lipinski definition) is 4. The van der Waals surface area contributed by atoms with Crippen LogP contribution in [-0.2, 0) is 12.8 Å². The molecule has 0 unspecified atom stereocenters. The molecule has 1 aliphatic carbocycles. The van der Waals surface area contributed by atoms with Gasteiger partial charge in [0.15, 0.2) is 0 Å². The SMILES string of the molecule is COc1ccc2c(c1)CCCc1c-2sc(NC(N)=O)c1C(N)=O. The Kier molecular flexibility index (Phi) is 3.96. The molecule has 0 radical (unpaired) electrons. The Morgan fingerprint density at radius 1 is 1.26 bits per heavy atom. The summed E-state index contributed by atoms with van der Waals surface area (Å²) in [5.74, 6) is 0.248. The number of nitrogens with one attached hydrogen (secondary N) is 1. The smallest absolute Gasteiger partial charge is 0.317 e. The quantitative estimate of drug-likeness (QED) is 0.804. The number of carbonyl (C=O) groups is 2. The van der Waals surface area contributed by atoms with Gasteiger partial charge in [-0.1, -0.05) is 0 Å². The molecular weight excluding hydrogens is 314 g/mol. The molecule has 3 amide bonds. The molecule has 0 spiro atoms. The van der Waals surface area contributed by atoms with Crippen LogP contribution in [0.4, 0.5) is 9.80 Å². The fourth-order valence-corrected chi connectivity index (χ4v) is 4.28. The first kappa shape index (κ1) is 15.4. The maximum atomic E-state index is 11.9. The maximum Gasteiger partial charge on any atom is 0.317 e. The van der Waals surface area contributed by atoms with Crippen LogP contribution in [0.5, 0.6) is 5.75 Å². The number of anilines is 1.